The SMILES string of the molecule is Cc1ccc(C(=O)c2ccccc2C(=O)NC(C)C(=O)NCc2ccccc2)cc1. The molecule has 0 aliphatic rings. The Morgan fingerprint density at radius 2 is 1.40 bits per heavy atom. The maximum absolute atomic E-state index is 12.9. The van der Waals surface area contributed by atoms with Gasteiger partial charge in [0.25, 0.3) is 5.91 Å². The molecule has 0 heterocycles. The first kappa shape index (κ1) is 21.0. The molecule has 3 aromatic rings. The van der Waals surface area contributed by atoms with Gasteiger partial charge in [0.1, 0.15) is 6.04 Å². The van der Waals surface area contributed by atoms with E-state index >= 15 is 0 Å². The molecule has 0 saturated heterocycles. The van der Waals surface area contributed by atoms with E-state index in [9.17, 15) is 14.4 Å². The third-order valence-corrected chi connectivity index (χ3v) is 4.78. The van der Waals surface area contributed by atoms with Crippen molar-refractivity contribution in [2.45, 2.75) is 26.4 Å². The third kappa shape index (κ3) is 5.20. The Morgan fingerprint density at radius 1 is 0.800 bits per heavy atom. The Kier molecular flexibility index (Phi) is 6.75. The maximum atomic E-state index is 12.9. The summed E-state index contributed by atoms with van der Waals surface area (Å²) in [4.78, 5) is 38.1. The summed E-state index contributed by atoms with van der Waals surface area (Å²) in [5, 5.41) is 5.49. The highest BCUT2D eigenvalue weighted by Crippen LogP contribution is 2.16. The van der Waals surface area contributed by atoms with Gasteiger partial charge < -0.3 is 10.6 Å². The highest BCUT2D eigenvalue weighted by molar-refractivity contribution is 6.15. The van der Waals surface area contributed by atoms with E-state index in [1.807, 2.05) is 49.4 Å². The molecule has 2 amide bonds. The number of ketones is 1. The Bertz CT molecular complexity index is 1040. The summed E-state index contributed by atoms with van der Waals surface area (Å²) in [5.41, 5.74) is 3.07. The highest BCUT2D eigenvalue weighted by atomic mass is 16.2. The van der Waals surface area contributed by atoms with Gasteiger partial charge in [-0.3, -0.25) is 14.4 Å². The number of carbonyl (C=O) groups is 3. The summed E-state index contributed by atoms with van der Waals surface area (Å²) in [7, 11) is 0. The zero-order valence-electron chi connectivity index (χ0n) is 17.0. The quantitative estimate of drug-likeness (QED) is 0.595. The van der Waals surface area contributed by atoms with Crippen molar-refractivity contribution in [3.05, 3.63) is 107 Å². The second kappa shape index (κ2) is 9.65. The van der Waals surface area contributed by atoms with Crippen LogP contribution < -0.4 is 10.6 Å². The number of rotatable bonds is 7. The average Bonchev–Trinajstić information content (AvgIpc) is 2.78. The minimum atomic E-state index is -0.747. The number of benzene rings is 3. The minimum Gasteiger partial charge on any atom is -0.350 e. The number of nitrogens with one attached hydrogen (secondary N) is 2. The summed E-state index contributed by atoms with van der Waals surface area (Å²) in [6.07, 6.45) is 0. The fourth-order valence-corrected chi connectivity index (χ4v) is 3.02. The first-order valence-electron chi connectivity index (χ1n) is 9.78. The van der Waals surface area contributed by atoms with Crippen LogP contribution in [0.5, 0.6) is 0 Å². The van der Waals surface area contributed by atoms with Crippen molar-refractivity contribution in [3.8, 4) is 0 Å². The molecule has 152 valence electrons. The van der Waals surface area contributed by atoms with Gasteiger partial charge >= 0.3 is 0 Å². The number of hydrogen-bond acceptors (Lipinski definition) is 3. The van der Waals surface area contributed by atoms with Crippen LogP contribution >= 0.6 is 0 Å². The van der Waals surface area contributed by atoms with E-state index < -0.39 is 11.9 Å². The molecule has 2 N–H and O–H groups in total. The van der Waals surface area contributed by atoms with Gasteiger partial charge in [-0.05, 0) is 25.5 Å². The topological polar surface area (TPSA) is 75.3 Å². The molecule has 3 rings (SSSR count). The molecule has 0 fully saturated rings. The Balaban J connectivity index is 1.68. The molecular formula is C25H24N2O3. The molecule has 0 radical (unpaired) electrons. The normalized spacial score (nSPS) is 11.4. The van der Waals surface area contributed by atoms with Crippen molar-refractivity contribution in [2.24, 2.45) is 0 Å². The van der Waals surface area contributed by atoms with Crippen LogP contribution in [0, 0.1) is 6.92 Å². The zero-order chi connectivity index (χ0) is 21.5. The maximum Gasteiger partial charge on any atom is 0.252 e. The molecule has 0 aromatic heterocycles. The van der Waals surface area contributed by atoms with Gasteiger partial charge in [-0.2, -0.15) is 0 Å². The van der Waals surface area contributed by atoms with E-state index in [-0.39, 0.29) is 17.3 Å². The van der Waals surface area contributed by atoms with Crippen LogP contribution in [0.3, 0.4) is 0 Å². The van der Waals surface area contributed by atoms with Gasteiger partial charge in [0.15, 0.2) is 5.78 Å². The largest absolute Gasteiger partial charge is 0.350 e. The lowest BCUT2D eigenvalue weighted by atomic mass is 9.97. The second-order valence-corrected chi connectivity index (χ2v) is 7.14. The van der Waals surface area contributed by atoms with E-state index in [4.69, 9.17) is 0 Å². The fraction of sp³-hybridized carbons (Fsp3) is 0.160. The van der Waals surface area contributed by atoms with Crippen LogP contribution in [-0.4, -0.2) is 23.6 Å². The van der Waals surface area contributed by atoms with E-state index in [0.717, 1.165) is 11.1 Å². The summed E-state index contributed by atoms with van der Waals surface area (Å²) >= 11 is 0. The van der Waals surface area contributed by atoms with Gasteiger partial charge in [-0.25, -0.2) is 0 Å². The first-order valence-corrected chi connectivity index (χ1v) is 9.78. The number of carbonyl (C=O) groups excluding carboxylic acids is 3. The molecule has 0 aliphatic heterocycles. The lowest BCUT2D eigenvalue weighted by molar-refractivity contribution is -0.122. The predicted octanol–water partition coefficient (Wildman–Crippen LogP) is 3.66. The van der Waals surface area contributed by atoms with Crippen molar-refractivity contribution in [1.29, 1.82) is 0 Å². The summed E-state index contributed by atoms with van der Waals surface area (Å²) in [6.45, 7) is 3.94. The molecule has 0 bridgehead atoms. The molecule has 1 unspecified atom stereocenters. The van der Waals surface area contributed by atoms with Crippen LogP contribution in [0.1, 0.15) is 44.3 Å². The van der Waals surface area contributed by atoms with Gasteiger partial charge in [0, 0.05) is 17.7 Å². The monoisotopic (exact) mass is 400 g/mol. The molecule has 0 aliphatic carbocycles. The summed E-state index contributed by atoms with van der Waals surface area (Å²) in [6, 6.07) is 22.6. The molecular weight excluding hydrogens is 376 g/mol. The number of amides is 2. The Morgan fingerprint density at radius 3 is 2.07 bits per heavy atom. The molecule has 5 heteroatoms. The smallest absolute Gasteiger partial charge is 0.252 e. The van der Waals surface area contributed by atoms with Crippen LogP contribution in [0.4, 0.5) is 0 Å². The second-order valence-electron chi connectivity index (χ2n) is 7.14. The lowest BCUT2D eigenvalue weighted by Gasteiger charge is -2.15. The fourth-order valence-electron chi connectivity index (χ4n) is 3.02. The van der Waals surface area contributed by atoms with Crippen LogP contribution in [0.15, 0.2) is 78.9 Å². The number of aryl methyl sites for hydroxylation is 1. The standard InChI is InChI=1S/C25H24N2O3/c1-17-12-14-20(15-13-17)23(28)21-10-6-7-11-22(21)25(30)27-18(2)24(29)26-16-19-8-4-3-5-9-19/h3-15,18H,16H2,1-2H3,(H,26,29)(H,27,30). The minimum absolute atomic E-state index is 0.234. The summed E-state index contributed by atoms with van der Waals surface area (Å²) in [5.74, 6) is -0.995. The molecule has 0 saturated carbocycles. The van der Waals surface area contributed by atoms with Gasteiger partial charge in [-0.1, -0.05) is 78.4 Å². The molecule has 3 aromatic carbocycles. The van der Waals surface area contributed by atoms with E-state index in [1.165, 1.54) is 0 Å². The van der Waals surface area contributed by atoms with Crippen LogP contribution in [-0.2, 0) is 11.3 Å². The summed E-state index contributed by atoms with van der Waals surface area (Å²) < 4.78 is 0. The van der Waals surface area contributed by atoms with Crippen molar-refractivity contribution in [2.75, 3.05) is 0 Å². The molecule has 30 heavy (non-hydrogen) atoms. The average molecular weight is 400 g/mol. The van der Waals surface area contributed by atoms with Crippen molar-refractivity contribution < 1.29 is 14.4 Å². The highest BCUT2D eigenvalue weighted by Gasteiger charge is 2.21. The third-order valence-electron chi connectivity index (χ3n) is 4.78. The van der Waals surface area contributed by atoms with E-state index in [0.29, 0.717) is 17.7 Å². The van der Waals surface area contributed by atoms with E-state index in [2.05, 4.69) is 10.6 Å². The van der Waals surface area contributed by atoms with Crippen LogP contribution in [0.25, 0.3) is 0 Å². The lowest BCUT2D eigenvalue weighted by Crippen LogP contribution is -2.44. The van der Waals surface area contributed by atoms with Crippen molar-refractivity contribution >= 4 is 17.6 Å². The van der Waals surface area contributed by atoms with Crippen molar-refractivity contribution in [3.63, 3.8) is 0 Å². The van der Waals surface area contributed by atoms with Gasteiger partial charge in [-0.15, -0.1) is 0 Å². The predicted molar refractivity (Wildman–Crippen MR) is 116 cm³/mol. The van der Waals surface area contributed by atoms with Crippen LogP contribution in [0.2, 0.25) is 0 Å². The van der Waals surface area contributed by atoms with E-state index in [1.54, 1.807) is 43.3 Å². The van der Waals surface area contributed by atoms with Crippen molar-refractivity contribution in [1.82, 2.24) is 10.6 Å². The Labute approximate surface area is 176 Å². The molecule has 5 nitrogen and oxygen atoms in total. The number of hydrogen-bond donors (Lipinski definition) is 2. The zero-order valence-corrected chi connectivity index (χ0v) is 17.0. The Hall–Kier alpha value is -3.73. The first-order chi connectivity index (χ1) is 14.5. The van der Waals surface area contributed by atoms with Gasteiger partial charge in [0.05, 0.1) is 5.56 Å². The molecule has 0 spiro atoms. The van der Waals surface area contributed by atoms with Gasteiger partial charge in [0.2, 0.25) is 5.91 Å². The molecule has 1 atom stereocenters.